The largest absolute Gasteiger partial charge is 0.383 e. The second-order valence-electron chi connectivity index (χ2n) is 11.0. The van der Waals surface area contributed by atoms with Gasteiger partial charge in [0, 0.05) is 43.0 Å². The number of carbonyl (C=O) groups excluding carboxylic acids is 2. The van der Waals surface area contributed by atoms with Crippen LogP contribution in [0.3, 0.4) is 0 Å². The van der Waals surface area contributed by atoms with E-state index in [1.165, 1.54) is 24.1 Å². The minimum absolute atomic E-state index is 0.0423. The van der Waals surface area contributed by atoms with Gasteiger partial charge in [-0.15, -0.1) is 0 Å². The van der Waals surface area contributed by atoms with E-state index in [1.807, 2.05) is 13.8 Å². The summed E-state index contributed by atoms with van der Waals surface area (Å²) in [7, 11) is 0. The van der Waals surface area contributed by atoms with E-state index in [4.69, 9.17) is 0 Å². The van der Waals surface area contributed by atoms with Gasteiger partial charge in [-0.3, -0.25) is 9.59 Å². The molecule has 0 radical (unpaired) electrons. The fraction of sp³-hybridized carbons (Fsp3) is 0.333. The summed E-state index contributed by atoms with van der Waals surface area (Å²) in [5, 5.41) is 23.6. The van der Waals surface area contributed by atoms with Gasteiger partial charge in [-0.05, 0) is 64.1 Å². The molecule has 42 heavy (non-hydrogen) atoms. The number of nitrogens with one attached hydrogen (secondary N) is 1. The number of halogens is 1. The van der Waals surface area contributed by atoms with Crippen LogP contribution < -0.4 is 10.2 Å². The van der Waals surface area contributed by atoms with E-state index < -0.39 is 11.4 Å². The Morgan fingerprint density at radius 2 is 1.88 bits per heavy atom. The SMILES string of the molecule is CC(=O)N1CCN(c2ccc(Nc3ncc(C#N)c(-c4cc(F)c5nc(C(C)(C)O)n(C(C)C)c5c4)n3)cc2)C(=O)C1. The molecule has 0 atom stereocenters. The number of benzene rings is 2. The number of anilines is 3. The zero-order valence-corrected chi connectivity index (χ0v) is 24.0. The highest BCUT2D eigenvalue weighted by atomic mass is 19.1. The van der Waals surface area contributed by atoms with Crippen molar-refractivity contribution >= 4 is 40.2 Å². The van der Waals surface area contributed by atoms with Crippen molar-refractivity contribution < 1.29 is 19.1 Å². The summed E-state index contributed by atoms with van der Waals surface area (Å²) in [6.45, 7) is 9.39. The fourth-order valence-corrected chi connectivity index (χ4v) is 5.06. The van der Waals surface area contributed by atoms with Crippen molar-refractivity contribution in [1.29, 1.82) is 5.26 Å². The summed E-state index contributed by atoms with van der Waals surface area (Å²) in [6.07, 6.45) is 1.37. The molecule has 1 aliphatic heterocycles. The topological polar surface area (TPSA) is 140 Å². The molecule has 2 aromatic carbocycles. The van der Waals surface area contributed by atoms with Crippen LogP contribution in [0.5, 0.6) is 0 Å². The van der Waals surface area contributed by atoms with Gasteiger partial charge in [-0.1, -0.05) is 0 Å². The van der Waals surface area contributed by atoms with Crippen molar-refractivity contribution in [1.82, 2.24) is 24.4 Å². The minimum atomic E-state index is -1.30. The molecule has 1 fully saturated rings. The summed E-state index contributed by atoms with van der Waals surface area (Å²) in [4.78, 5) is 40.5. The molecule has 12 heteroatoms. The Morgan fingerprint density at radius 3 is 2.48 bits per heavy atom. The van der Waals surface area contributed by atoms with Crippen molar-refractivity contribution in [2.45, 2.75) is 46.3 Å². The number of hydrogen-bond acceptors (Lipinski definition) is 8. The normalized spacial score (nSPS) is 14.0. The number of rotatable bonds is 6. The number of carbonyl (C=O) groups is 2. The molecule has 0 spiro atoms. The van der Waals surface area contributed by atoms with Gasteiger partial charge < -0.3 is 24.8 Å². The number of imidazole rings is 1. The predicted molar refractivity (Wildman–Crippen MR) is 155 cm³/mol. The summed E-state index contributed by atoms with van der Waals surface area (Å²) < 4.78 is 17.2. The molecule has 11 nitrogen and oxygen atoms in total. The van der Waals surface area contributed by atoms with Crippen LogP contribution >= 0.6 is 0 Å². The van der Waals surface area contributed by atoms with Crippen LogP contribution in [-0.4, -0.2) is 61.0 Å². The zero-order chi connectivity index (χ0) is 30.3. The van der Waals surface area contributed by atoms with Crippen LogP contribution in [0.2, 0.25) is 0 Å². The van der Waals surface area contributed by atoms with Crippen LogP contribution in [0.4, 0.5) is 21.7 Å². The van der Waals surface area contributed by atoms with Crippen molar-refractivity contribution in [2.24, 2.45) is 0 Å². The number of aromatic nitrogens is 4. The Morgan fingerprint density at radius 1 is 1.17 bits per heavy atom. The van der Waals surface area contributed by atoms with Gasteiger partial charge in [-0.2, -0.15) is 5.26 Å². The van der Waals surface area contributed by atoms with Gasteiger partial charge in [0.2, 0.25) is 17.8 Å². The first-order chi connectivity index (χ1) is 19.9. The predicted octanol–water partition coefficient (Wildman–Crippen LogP) is 4.25. The molecule has 2 aromatic heterocycles. The highest BCUT2D eigenvalue weighted by molar-refractivity contribution is 5.97. The van der Waals surface area contributed by atoms with E-state index in [-0.39, 0.29) is 47.1 Å². The van der Waals surface area contributed by atoms with E-state index in [0.717, 1.165) is 0 Å². The van der Waals surface area contributed by atoms with E-state index in [0.29, 0.717) is 41.4 Å². The Balaban J connectivity index is 1.46. The lowest BCUT2D eigenvalue weighted by molar-refractivity contribution is -0.135. The maximum atomic E-state index is 15.4. The Bertz CT molecular complexity index is 1730. The van der Waals surface area contributed by atoms with Crippen LogP contribution in [0, 0.1) is 17.1 Å². The second-order valence-corrected chi connectivity index (χ2v) is 11.0. The third kappa shape index (κ3) is 5.38. The van der Waals surface area contributed by atoms with Crippen LogP contribution in [-0.2, 0) is 15.2 Å². The molecule has 0 saturated carbocycles. The van der Waals surface area contributed by atoms with Gasteiger partial charge in [0.25, 0.3) is 0 Å². The number of nitrogens with zero attached hydrogens (tertiary/aromatic N) is 7. The lowest BCUT2D eigenvalue weighted by Crippen LogP contribution is -2.51. The quantitative estimate of drug-likeness (QED) is 0.351. The standard InChI is InChI=1S/C30H31FN8O3/c1-17(2)39-24-13-19(12-23(31)27(24)35-28(39)30(4,5)42)26-20(14-32)15-33-29(36-26)34-21-6-8-22(9-7-21)38-11-10-37(18(3)40)16-25(38)41/h6-9,12-13,15,17,42H,10-11,16H2,1-5H3,(H,33,34,36). The molecule has 2 N–H and O–H groups in total. The number of nitriles is 1. The number of piperazine rings is 1. The van der Waals surface area contributed by atoms with E-state index in [9.17, 15) is 20.0 Å². The van der Waals surface area contributed by atoms with Gasteiger partial charge in [0.15, 0.2) is 5.82 Å². The fourth-order valence-electron chi connectivity index (χ4n) is 5.06. The summed E-state index contributed by atoms with van der Waals surface area (Å²) in [5.41, 5.74) is 1.40. The average molecular weight is 571 g/mol. The maximum absolute atomic E-state index is 15.4. The van der Waals surface area contributed by atoms with Crippen molar-refractivity contribution in [3.63, 3.8) is 0 Å². The number of amides is 2. The molecule has 3 heterocycles. The first-order valence-corrected chi connectivity index (χ1v) is 13.5. The first-order valence-electron chi connectivity index (χ1n) is 13.5. The zero-order valence-electron chi connectivity index (χ0n) is 24.0. The highest BCUT2D eigenvalue weighted by Crippen LogP contribution is 2.34. The lowest BCUT2D eigenvalue weighted by Gasteiger charge is -2.33. The molecule has 0 bridgehead atoms. The first kappa shape index (κ1) is 28.6. The van der Waals surface area contributed by atoms with E-state index >= 15 is 4.39 Å². The number of aliphatic hydroxyl groups is 1. The molecule has 1 aliphatic rings. The molecule has 216 valence electrons. The van der Waals surface area contributed by atoms with Crippen LogP contribution in [0.25, 0.3) is 22.3 Å². The van der Waals surface area contributed by atoms with E-state index in [2.05, 4.69) is 26.3 Å². The third-order valence-electron chi connectivity index (χ3n) is 7.10. The second kappa shape index (κ2) is 10.8. The summed E-state index contributed by atoms with van der Waals surface area (Å²) in [5.74, 6) is -0.358. The molecule has 1 saturated heterocycles. The minimum Gasteiger partial charge on any atom is -0.383 e. The number of hydrogen-bond donors (Lipinski definition) is 2. The van der Waals surface area contributed by atoms with E-state index in [1.54, 1.807) is 53.6 Å². The molecule has 0 aliphatic carbocycles. The molecule has 0 unspecified atom stereocenters. The van der Waals surface area contributed by atoms with Crippen molar-refractivity contribution in [3.05, 3.63) is 59.8 Å². The molecular formula is C30H31FN8O3. The highest BCUT2D eigenvalue weighted by Gasteiger charge is 2.28. The smallest absolute Gasteiger partial charge is 0.246 e. The van der Waals surface area contributed by atoms with Crippen LogP contribution in [0.15, 0.2) is 42.6 Å². The van der Waals surface area contributed by atoms with Crippen LogP contribution in [0.1, 0.15) is 52.0 Å². The van der Waals surface area contributed by atoms with Crippen molar-refractivity contribution in [3.8, 4) is 17.3 Å². The molecule has 4 aromatic rings. The lowest BCUT2D eigenvalue weighted by atomic mass is 10.1. The third-order valence-corrected chi connectivity index (χ3v) is 7.10. The molecule has 5 rings (SSSR count). The molecular weight excluding hydrogens is 539 g/mol. The van der Waals surface area contributed by atoms with Crippen molar-refractivity contribution in [2.75, 3.05) is 29.9 Å². The summed E-state index contributed by atoms with van der Waals surface area (Å²) in [6, 6.07) is 12.0. The van der Waals surface area contributed by atoms with Gasteiger partial charge in [0.1, 0.15) is 29.6 Å². The molecule has 2 amide bonds. The summed E-state index contributed by atoms with van der Waals surface area (Å²) >= 11 is 0. The van der Waals surface area contributed by atoms with Gasteiger partial charge in [0.05, 0.1) is 23.0 Å². The average Bonchev–Trinajstić information content (AvgIpc) is 3.35. The Hall–Kier alpha value is -4.89. The van der Waals surface area contributed by atoms with Gasteiger partial charge in [-0.25, -0.2) is 19.3 Å². The monoisotopic (exact) mass is 570 g/mol. The maximum Gasteiger partial charge on any atom is 0.246 e. The Kier molecular flexibility index (Phi) is 7.38. The number of fused-ring (bicyclic) bond motifs is 1. The Labute approximate surface area is 242 Å². The van der Waals surface area contributed by atoms with Gasteiger partial charge >= 0.3 is 0 Å².